The van der Waals surface area contributed by atoms with E-state index in [2.05, 4.69) is 20.1 Å². The van der Waals surface area contributed by atoms with Gasteiger partial charge in [-0.2, -0.15) is 4.98 Å². The summed E-state index contributed by atoms with van der Waals surface area (Å²) >= 11 is 12.4. The highest BCUT2D eigenvalue weighted by Crippen LogP contribution is 2.30. The van der Waals surface area contributed by atoms with Crippen LogP contribution in [-0.4, -0.2) is 37.6 Å². The average molecular weight is 480 g/mol. The highest BCUT2D eigenvalue weighted by molar-refractivity contribution is 6.35. The summed E-state index contributed by atoms with van der Waals surface area (Å²) in [6, 6.07) is 12.5. The number of ketones is 1. The summed E-state index contributed by atoms with van der Waals surface area (Å²) in [5, 5.41) is 5.62. The summed E-state index contributed by atoms with van der Waals surface area (Å²) in [5.41, 5.74) is 2.06. The fraction of sp³-hybridized carbons (Fsp3) is 0.0870. The third kappa shape index (κ3) is 4.06. The number of carbonyl (C=O) groups is 1. The molecule has 10 heteroatoms. The maximum absolute atomic E-state index is 13.3. The first-order valence-corrected chi connectivity index (χ1v) is 10.6. The van der Waals surface area contributed by atoms with Crippen LogP contribution in [-0.2, 0) is 6.54 Å². The molecule has 0 radical (unpaired) electrons. The highest BCUT2D eigenvalue weighted by atomic mass is 35.5. The van der Waals surface area contributed by atoms with Crippen LogP contribution >= 0.6 is 23.2 Å². The van der Waals surface area contributed by atoms with Crippen LogP contribution in [0, 0.1) is 0 Å². The van der Waals surface area contributed by atoms with Crippen LogP contribution in [0.15, 0.2) is 65.6 Å². The Labute approximate surface area is 197 Å². The number of benzene rings is 2. The van der Waals surface area contributed by atoms with Gasteiger partial charge < -0.3 is 13.8 Å². The van der Waals surface area contributed by atoms with Crippen LogP contribution in [0.5, 0.6) is 5.75 Å². The lowest BCUT2D eigenvalue weighted by molar-refractivity contribution is 0.0995. The molecule has 3 heterocycles. The van der Waals surface area contributed by atoms with Gasteiger partial charge in [-0.3, -0.25) is 4.79 Å². The molecule has 0 spiro atoms. The zero-order valence-electron chi connectivity index (χ0n) is 17.2. The fourth-order valence-corrected chi connectivity index (χ4v) is 3.95. The van der Waals surface area contributed by atoms with Crippen molar-refractivity contribution in [1.29, 1.82) is 0 Å². The van der Waals surface area contributed by atoms with E-state index >= 15 is 0 Å². The molecule has 0 saturated heterocycles. The van der Waals surface area contributed by atoms with Gasteiger partial charge in [0.2, 0.25) is 11.6 Å². The minimum atomic E-state index is -0.427. The first kappa shape index (κ1) is 21.1. The number of hydrogen-bond donors (Lipinski definition) is 0. The van der Waals surface area contributed by atoms with Gasteiger partial charge in [-0.1, -0.05) is 34.4 Å². The summed E-state index contributed by atoms with van der Waals surface area (Å²) in [7, 11) is 1.57. The molecule has 5 rings (SSSR count). The quantitative estimate of drug-likeness (QED) is 0.313. The second-order valence-corrected chi connectivity index (χ2v) is 7.96. The van der Waals surface area contributed by atoms with Gasteiger partial charge in [-0.15, -0.1) is 0 Å². The monoisotopic (exact) mass is 479 g/mol. The maximum atomic E-state index is 13.3. The Morgan fingerprint density at radius 3 is 2.67 bits per heavy atom. The zero-order chi connectivity index (χ0) is 22.9. The van der Waals surface area contributed by atoms with Gasteiger partial charge in [-0.25, -0.2) is 9.97 Å². The summed E-state index contributed by atoms with van der Waals surface area (Å²) in [6.45, 7) is 0.430. The Bertz CT molecular complexity index is 1480. The Hall–Kier alpha value is -3.75. The number of halogens is 2. The van der Waals surface area contributed by atoms with Gasteiger partial charge in [0.05, 0.1) is 12.7 Å². The van der Waals surface area contributed by atoms with Crippen molar-refractivity contribution in [3.8, 4) is 17.4 Å². The van der Waals surface area contributed by atoms with Crippen LogP contribution in [0.1, 0.15) is 21.8 Å². The topological polar surface area (TPSA) is 95.9 Å². The third-order valence-electron chi connectivity index (χ3n) is 5.07. The molecule has 33 heavy (non-hydrogen) atoms. The molecule has 0 aliphatic heterocycles. The number of fused-ring (bicyclic) bond motifs is 1. The molecule has 0 amide bonds. The van der Waals surface area contributed by atoms with Gasteiger partial charge in [0.1, 0.15) is 5.75 Å². The van der Waals surface area contributed by atoms with Crippen molar-refractivity contribution >= 4 is 39.9 Å². The molecule has 0 aliphatic carbocycles. The van der Waals surface area contributed by atoms with Crippen LogP contribution in [0.4, 0.5) is 0 Å². The maximum Gasteiger partial charge on any atom is 0.299 e. The average Bonchev–Trinajstić information content (AvgIpc) is 3.46. The van der Waals surface area contributed by atoms with Gasteiger partial charge in [0.15, 0.2) is 0 Å². The van der Waals surface area contributed by atoms with Crippen LogP contribution in [0.2, 0.25) is 10.0 Å². The molecule has 5 aromatic rings. The van der Waals surface area contributed by atoms with Gasteiger partial charge >= 0.3 is 0 Å². The Morgan fingerprint density at radius 2 is 1.91 bits per heavy atom. The van der Waals surface area contributed by atoms with E-state index in [9.17, 15) is 4.79 Å². The minimum absolute atomic E-state index is 0.133. The van der Waals surface area contributed by atoms with Crippen molar-refractivity contribution in [1.82, 2.24) is 24.7 Å². The van der Waals surface area contributed by atoms with Crippen molar-refractivity contribution in [2.24, 2.45) is 0 Å². The van der Waals surface area contributed by atoms with Crippen molar-refractivity contribution in [2.45, 2.75) is 6.54 Å². The van der Waals surface area contributed by atoms with Crippen molar-refractivity contribution < 1.29 is 14.1 Å². The number of methoxy groups -OCH3 is 1. The molecule has 0 N–H and O–H groups in total. The van der Waals surface area contributed by atoms with Gasteiger partial charge in [0.25, 0.3) is 11.7 Å². The molecule has 164 valence electrons. The molecule has 2 aromatic carbocycles. The lowest BCUT2D eigenvalue weighted by atomic mass is 10.1. The second kappa shape index (κ2) is 8.65. The van der Waals surface area contributed by atoms with E-state index in [-0.39, 0.29) is 17.5 Å². The van der Waals surface area contributed by atoms with Gasteiger partial charge in [-0.05, 0) is 42.0 Å². The van der Waals surface area contributed by atoms with Crippen molar-refractivity contribution in [3.63, 3.8) is 0 Å². The van der Waals surface area contributed by atoms with E-state index in [1.165, 1.54) is 0 Å². The highest BCUT2D eigenvalue weighted by Gasteiger charge is 2.24. The molecule has 3 aromatic heterocycles. The number of aromatic nitrogens is 5. The van der Waals surface area contributed by atoms with E-state index in [0.717, 1.165) is 11.1 Å². The summed E-state index contributed by atoms with van der Waals surface area (Å²) in [5.74, 6) is 0.422. The number of rotatable bonds is 6. The predicted molar refractivity (Wildman–Crippen MR) is 123 cm³/mol. The third-order valence-corrected chi connectivity index (χ3v) is 5.66. The second-order valence-electron chi connectivity index (χ2n) is 7.11. The minimum Gasteiger partial charge on any atom is -0.497 e. The summed E-state index contributed by atoms with van der Waals surface area (Å²) in [4.78, 5) is 25.7. The lowest BCUT2D eigenvalue weighted by Crippen LogP contribution is -2.02. The molecule has 0 saturated carbocycles. The largest absolute Gasteiger partial charge is 0.497 e. The van der Waals surface area contributed by atoms with E-state index < -0.39 is 5.78 Å². The Kier molecular flexibility index (Phi) is 5.53. The summed E-state index contributed by atoms with van der Waals surface area (Å²) < 4.78 is 12.5. The van der Waals surface area contributed by atoms with Crippen molar-refractivity contribution in [3.05, 3.63) is 88.1 Å². The van der Waals surface area contributed by atoms with Gasteiger partial charge in [0, 0.05) is 46.1 Å². The van der Waals surface area contributed by atoms with Crippen LogP contribution < -0.4 is 4.74 Å². The van der Waals surface area contributed by atoms with Crippen LogP contribution in [0.3, 0.4) is 0 Å². The van der Waals surface area contributed by atoms with E-state index in [1.54, 1.807) is 50.0 Å². The number of nitrogens with zero attached hydrogens (tertiary/aromatic N) is 5. The molecule has 0 fully saturated rings. The molecular formula is C23H15Cl2N5O3. The van der Waals surface area contributed by atoms with E-state index in [0.29, 0.717) is 33.3 Å². The SMILES string of the molecule is COc1ccc2c(c1)c(C(=O)c1nc(-c3ncccn3)no1)cn2Cc1ccc(Cl)cc1Cl. The smallest absolute Gasteiger partial charge is 0.299 e. The number of hydrogen-bond acceptors (Lipinski definition) is 7. The first-order valence-electron chi connectivity index (χ1n) is 9.80. The Balaban J connectivity index is 1.57. The molecule has 0 bridgehead atoms. The lowest BCUT2D eigenvalue weighted by Gasteiger charge is -2.08. The number of carbonyl (C=O) groups excluding carboxylic acids is 1. The van der Waals surface area contributed by atoms with Crippen LogP contribution in [0.25, 0.3) is 22.6 Å². The van der Waals surface area contributed by atoms with Crippen molar-refractivity contribution in [2.75, 3.05) is 7.11 Å². The zero-order valence-corrected chi connectivity index (χ0v) is 18.7. The molecular weight excluding hydrogens is 465 g/mol. The van der Waals surface area contributed by atoms with E-state index in [4.69, 9.17) is 32.5 Å². The number of ether oxygens (including phenoxy) is 1. The summed E-state index contributed by atoms with van der Waals surface area (Å²) in [6.07, 6.45) is 4.85. The molecule has 0 aliphatic rings. The predicted octanol–water partition coefficient (Wildman–Crippen LogP) is 5.08. The standard InChI is InChI=1S/C23H15Cl2N5O3/c1-32-15-5-6-19-16(10-15)17(12-30(19)11-13-3-4-14(24)9-18(13)25)20(31)23-28-22(29-33-23)21-26-7-2-8-27-21/h2-10,12H,11H2,1H3. The molecule has 0 atom stereocenters. The molecule has 8 nitrogen and oxygen atoms in total. The molecule has 0 unspecified atom stereocenters. The first-order chi connectivity index (χ1) is 16.0. The van der Waals surface area contributed by atoms with E-state index in [1.807, 2.05) is 22.8 Å². The fourth-order valence-electron chi connectivity index (χ4n) is 3.48. The normalized spacial score (nSPS) is 11.1. The Morgan fingerprint density at radius 1 is 1.09 bits per heavy atom.